The van der Waals surface area contributed by atoms with Crippen LogP contribution in [0.15, 0.2) is 24.3 Å². The molecule has 0 aromatic heterocycles. The number of carboxylic acids is 1. The van der Waals surface area contributed by atoms with Gasteiger partial charge in [-0.2, -0.15) is 0 Å². The van der Waals surface area contributed by atoms with E-state index in [-0.39, 0.29) is 11.8 Å². The van der Waals surface area contributed by atoms with E-state index in [1.807, 2.05) is 18.2 Å². The number of hydrogen-bond donors (Lipinski definition) is 3. The summed E-state index contributed by atoms with van der Waals surface area (Å²) in [4.78, 5) is 23.1. The number of benzene rings is 1. The van der Waals surface area contributed by atoms with Crippen molar-refractivity contribution in [3.63, 3.8) is 0 Å². The molecule has 20 heavy (non-hydrogen) atoms. The molecule has 0 fully saturated rings. The van der Waals surface area contributed by atoms with Crippen LogP contribution in [0.2, 0.25) is 0 Å². The molecule has 0 saturated carbocycles. The number of hydrogen-bond acceptors (Lipinski definition) is 3. The molecule has 0 heterocycles. The first kappa shape index (κ1) is 14.5. The Morgan fingerprint density at radius 3 is 2.55 bits per heavy atom. The van der Waals surface area contributed by atoms with Crippen molar-refractivity contribution < 1.29 is 19.8 Å². The van der Waals surface area contributed by atoms with E-state index in [9.17, 15) is 14.7 Å². The van der Waals surface area contributed by atoms with Crippen LogP contribution in [0.3, 0.4) is 0 Å². The summed E-state index contributed by atoms with van der Waals surface area (Å²) >= 11 is 0. The second-order valence-electron chi connectivity index (χ2n) is 5.27. The predicted octanol–water partition coefficient (Wildman–Crippen LogP) is 0.742. The van der Waals surface area contributed by atoms with Crippen LogP contribution in [0.25, 0.3) is 0 Å². The molecular weight excluding hydrogens is 258 g/mol. The lowest BCUT2D eigenvalue weighted by Gasteiger charge is -2.26. The Labute approximate surface area is 117 Å². The molecule has 1 aromatic carbocycles. The van der Waals surface area contributed by atoms with Gasteiger partial charge in [0.25, 0.3) is 0 Å². The maximum absolute atomic E-state index is 12.1. The van der Waals surface area contributed by atoms with E-state index in [2.05, 4.69) is 11.4 Å². The monoisotopic (exact) mass is 277 g/mol. The van der Waals surface area contributed by atoms with E-state index in [1.165, 1.54) is 12.5 Å². The van der Waals surface area contributed by atoms with E-state index >= 15 is 0 Å². The number of amides is 1. The van der Waals surface area contributed by atoms with Gasteiger partial charge in [-0.1, -0.05) is 24.3 Å². The number of carbonyl (C=O) groups is 2. The summed E-state index contributed by atoms with van der Waals surface area (Å²) < 4.78 is 0. The summed E-state index contributed by atoms with van der Waals surface area (Å²) in [6.45, 7) is 1.36. The highest BCUT2D eigenvalue weighted by atomic mass is 16.4. The van der Waals surface area contributed by atoms with Crippen molar-refractivity contribution in [2.45, 2.75) is 38.3 Å². The lowest BCUT2D eigenvalue weighted by Crippen LogP contribution is -2.50. The van der Waals surface area contributed by atoms with Gasteiger partial charge in [0.15, 0.2) is 6.04 Å². The minimum absolute atomic E-state index is 0.231. The lowest BCUT2D eigenvalue weighted by molar-refractivity contribution is -0.145. The molecule has 5 heteroatoms. The summed E-state index contributed by atoms with van der Waals surface area (Å²) in [5.41, 5.74) is 2.39. The number of carbonyl (C=O) groups excluding carboxylic acids is 1. The van der Waals surface area contributed by atoms with Crippen molar-refractivity contribution in [2.75, 3.05) is 0 Å². The molecule has 3 unspecified atom stereocenters. The average molecular weight is 277 g/mol. The number of aliphatic hydroxyl groups excluding tert-OH is 1. The Bertz CT molecular complexity index is 512. The molecule has 2 rings (SSSR count). The zero-order chi connectivity index (χ0) is 14.7. The highest BCUT2D eigenvalue weighted by molar-refractivity contribution is 5.85. The second-order valence-corrected chi connectivity index (χ2v) is 5.27. The lowest BCUT2D eigenvalue weighted by atomic mass is 9.83. The highest BCUT2D eigenvalue weighted by Crippen LogP contribution is 2.25. The third-order valence-corrected chi connectivity index (χ3v) is 3.76. The molecule has 1 aliphatic rings. The zero-order valence-corrected chi connectivity index (χ0v) is 11.4. The average Bonchev–Trinajstić information content (AvgIpc) is 2.43. The highest BCUT2D eigenvalue weighted by Gasteiger charge is 2.30. The van der Waals surface area contributed by atoms with E-state index < -0.39 is 18.1 Å². The van der Waals surface area contributed by atoms with Crippen molar-refractivity contribution in [3.8, 4) is 0 Å². The van der Waals surface area contributed by atoms with Crippen molar-refractivity contribution >= 4 is 11.9 Å². The molecule has 0 aliphatic heterocycles. The van der Waals surface area contributed by atoms with Crippen LogP contribution in [0, 0.1) is 5.92 Å². The topological polar surface area (TPSA) is 86.6 Å². The molecule has 3 N–H and O–H groups in total. The zero-order valence-electron chi connectivity index (χ0n) is 11.4. The summed E-state index contributed by atoms with van der Waals surface area (Å²) in [6.07, 6.45) is 1.02. The van der Waals surface area contributed by atoms with Crippen LogP contribution < -0.4 is 5.32 Å². The molecule has 1 amide bonds. The third kappa shape index (κ3) is 3.17. The number of fused-ring (bicyclic) bond motifs is 1. The Balaban J connectivity index is 2.03. The van der Waals surface area contributed by atoms with Crippen molar-refractivity contribution in [1.82, 2.24) is 5.32 Å². The van der Waals surface area contributed by atoms with Gasteiger partial charge in [0.2, 0.25) is 5.91 Å². The third-order valence-electron chi connectivity index (χ3n) is 3.76. The first-order chi connectivity index (χ1) is 9.49. The van der Waals surface area contributed by atoms with Gasteiger partial charge in [0.1, 0.15) is 0 Å². The molecule has 0 bridgehead atoms. The minimum Gasteiger partial charge on any atom is -0.480 e. The van der Waals surface area contributed by atoms with Gasteiger partial charge >= 0.3 is 5.97 Å². The second kappa shape index (κ2) is 6.05. The van der Waals surface area contributed by atoms with E-state index in [0.29, 0.717) is 12.8 Å². The van der Waals surface area contributed by atoms with E-state index in [4.69, 9.17) is 5.11 Å². The molecule has 5 nitrogen and oxygen atoms in total. The summed E-state index contributed by atoms with van der Waals surface area (Å²) in [5.74, 6) is -1.75. The fraction of sp³-hybridized carbons (Fsp3) is 0.467. The van der Waals surface area contributed by atoms with Crippen LogP contribution in [-0.4, -0.2) is 34.2 Å². The maximum atomic E-state index is 12.1. The van der Waals surface area contributed by atoms with Gasteiger partial charge in [-0.05, 0) is 37.3 Å². The molecule has 1 aromatic rings. The number of aliphatic carboxylic acids is 1. The van der Waals surface area contributed by atoms with Gasteiger partial charge in [-0.25, -0.2) is 4.79 Å². The first-order valence-electron chi connectivity index (χ1n) is 6.77. The number of carboxylic acid groups (broad SMARTS) is 1. The summed E-state index contributed by atoms with van der Waals surface area (Å²) in [5, 5.41) is 20.8. The molecule has 1 aliphatic carbocycles. The van der Waals surface area contributed by atoms with Crippen LogP contribution in [-0.2, 0) is 22.4 Å². The van der Waals surface area contributed by atoms with E-state index in [1.54, 1.807) is 0 Å². The number of aliphatic hydroxyl groups is 1. The van der Waals surface area contributed by atoms with Crippen molar-refractivity contribution in [3.05, 3.63) is 35.4 Å². The minimum atomic E-state index is -1.25. The van der Waals surface area contributed by atoms with Crippen molar-refractivity contribution in [2.24, 2.45) is 5.92 Å². The van der Waals surface area contributed by atoms with E-state index in [0.717, 1.165) is 12.0 Å². The summed E-state index contributed by atoms with van der Waals surface area (Å²) in [7, 11) is 0. The Kier molecular flexibility index (Phi) is 4.39. The molecule has 0 saturated heterocycles. The van der Waals surface area contributed by atoms with Crippen molar-refractivity contribution in [1.29, 1.82) is 0 Å². The number of aryl methyl sites for hydroxylation is 1. The number of rotatable bonds is 4. The predicted molar refractivity (Wildman–Crippen MR) is 73.2 cm³/mol. The Hall–Kier alpha value is -1.88. The normalized spacial score (nSPS) is 20.6. The van der Waals surface area contributed by atoms with Gasteiger partial charge in [-0.15, -0.1) is 0 Å². The van der Waals surface area contributed by atoms with Crippen LogP contribution in [0.5, 0.6) is 0 Å². The quantitative estimate of drug-likeness (QED) is 0.757. The molecule has 108 valence electrons. The van der Waals surface area contributed by atoms with Crippen LogP contribution >= 0.6 is 0 Å². The van der Waals surface area contributed by atoms with Gasteiger partial charge in [0, 0.05) is 5.92 Å². The van der Waals surface area contributed by atoms with Gasteiger partial charge in [0.05, 0.1) is 6.10 Å². The molecular formula is C15H19NO4. The first-order valence-corrected chi connectivity index (χ1v) is 6.77. The summed E-state index contributed by atoms with van der Waals surface area (Å²) in [6, 6.07) is 6.72. The Morgan fingerprint density at radius 1 is 1.30 bits per heavy atom. The molecule has 0 spiro atoms. The molecule has 0 radical (unpaired) electrons. The fourth-order valence-electron chi connectivity index (χ4n) is 2.58. The fourth-order valence-corrected chi connectivity index (χ4v) is 2.58. The maximum Gasteiger partial charge on any atom is 0.328 e. The van der Waals surface area contributed by atoms with Gasteiger partial charge < -0.3 is 15.5 Å². The number of nitrogens with one attached hydrogen (secondary N) is 1. The standard InChI is InChI=1S/C15H19NO4/c1-9(17)13(15(19)20)16-14(18)12-7-6-10-4-2-3-5-11(10)8-12/h2-5,9,12-13,17H,6-8H2,1H3,(H,16,18)(H,19,20). The molecule has 3 atom stereocenters. The van der Waals surface area contributed by atoms with Crippen LogP contribution in [0.1, 0.15) is 24.5 Å². The SMILES string of the molecule is CC(O)C(NC(=O)C1CCc2ccccc2C1)C(=O)O. The Morgan fingerprint density at radius 2 is 1.95 bits per heavy atom. The van der Waals surface area contributed by atoms with Gasteiger partial charge in [-0.3, -0.25) is 4.79 Å². The largest absolute Gasteiger partial charge is 0.480 e. The smallest absolute Gasteiger partial charge is 0.328 e. The van der Waals surface area contributed by atoms with Crippen LogP contribution in [0.4, 0.5) is 0 Å².